The van der Waals surface area contributed by atoms with E-state index >= 15 is 0 Å². The van der Waals surface area contributed by atoms with Crippen molar-refractivity contribution in [3.05, 3.63) is 65.2 Å². The van der Waals surface area contributed by atoms with E-state index in [4.69, 9.17) is 4.74 Å². The number of nitrogens with zero attached hydrogens (tertiary/aromatic N) is 1. The molecular weight excluding hydrogens is 340 g/mol. The third-order valence-electron chi connectivity index (χ3n) is 4.96. The van der Waals surface area contributed by atoms with Gasteiger partial charge in [-0.1, -0.05) is 42.0 Å². The monoisotopic (exact) mass is 366 g/mol. The highest BCUT2D eigenvalue weighted by atomic mass is 16.5. The van der Waals surface area contributed by atoms with Gasteiger partial charge in [0.15, 0.2) is 0 Å². The third kappa shape index (κ3) is 4.95. The minimum atomic E-state index is -0.449. The summed E-state index contributed by atoms with van der Waals surface area (Å²) >= 11 is 0. The van der Waals surface area contributed by atoms with Crippen LogP contribution in [0.15, 0.2) is 48.5 Å². The summed E-state index contributed by atoms with van der Waals surface area (Å²) in [5.41, 5.74) is 3.40. The Morgan fingerprint density at radius 2 is 2.00 bits per heavy atom. The van der Waals surface area contributed by atoms with Crippen LogP contribution in [0.1, 0.15) is 34.3 Å². The lowest BCUT2D eigenvalue weighted by Crippen LogP contribution is -2.40. The number of para-hydroxylation sites is 1. The van der Waals surface area contributed by atoms with Crippen LogP contribution in [0, 0.1) is 12.8 Å². The van der Waals surface area contributed by atoms with Crippen molar-refractivity contribution < 1.29 is 14.3 Å². The first kappa shape index (κ1) is 19.1. The van der Waals surface area contributed by atoms with Crippen molar-refractivity contribution in [2.75, 3.05) is 25.5 Å². The van der Waals surface area contributed by atoms with Gasteiger partial charge in [0.25, 0.3) is 0 Å². The van der Waals surface area contributed by atoms with Crippen LogP contribution in [0.5, 0.6) is 0 Å². The lowest BCUT2D eigenvalue weighted by Gasteiger charge is -2.32. The van der Waals surface area contributed by atoms with Crippen LogP contribution in [-0.4, -0.2) is 37.0 Å². The van der Waals surface area contributed by atoms with Gasteiger partial charge in [0, 0.05) is 13.1 Å². The number of esters is 1. The average Bonchev–Trinajstić information content (AvgIpc) is 2.68. The van der Waals surface area contributed by atoms with E-state index in [1.807, 2.05) is 0 Å². The molecule has 0 aliphatic carbocycles. The van der Waals surface area contributed by atoms with Crippen LogP contribution < -0.4 is 5.32 Å². The zero-order valence-corrected chi connectivity index (χ0v) is 15.9. The van der Waals surface area contributed by atoms with E-state index in [2.05, 4.69) is 41.4 Å². The number of benzene rings is 2. The standard InChI is InChI=1S/C22H26N2O3/c1-16-7-5-8-17(13-16)14-24-12-6-9-18(15-24)21(25)23-20-11-4-3-10-19(20)22(26)27-2/h3-5,7-8,10-11,13,18H,6,9,12,14-15H2,1-2H3,(H,23,25). The normalized spacial score (nSPS) is 17.3. The number of rotatable bonds is 5. The summed E-state index contributed by atoms with van der Waals surface area (Å²) in [5, 5.41) is 2.92. The van der Waals surface area contributed by atoms with Gasteiger partial charge in [0.05, 0.1) is 24.3 Å². The molecule has 0 radical (unpaired) electrons. The number of carbonyl (C=O) groups excluding carboxylic acids is 2. The van der Waals surface area contributed by atoms with Gasteiger partial charge in [0.1, 0.15) is 0 Å². The second-order valence-corrected chi connectivity index (χ2v) is 7.09. The van der Waals surface area contributed by atoms with E-state index in [-0.39, 0.29) is 11.8 Å². The summed E-state index contributed by atoms with van der Waals surface area (Å²) in [5.74, 6) is -0.579. The minimum absolute atomic E-state index is 0.0414. The van der Waals surface area contributed by atoms with Crippen LogP contribution in [0.3, 0.4) is 0 Å². The molecule has 5 nitrogen and oxygen atoms in total. The quantitative estimate of drug-likeness (QED) is 0.821. The number of likely N-dealkylation sites (tertiary alicyclic amines) is 1. The minimum Gasteiger partial charge on any atom is -0.465 e. The number of hydrogen-bond acceptors (Lipinski definition) is 4. The molecule has 1 N–H and O–H groups in total. The fraction of sp³-hybridized carbons (Fsp3) is 0.364. The Balaban J connectivity index is 1.64. The van der Waals surface area contributed by atoms with Crippen molar-refractivity contribution in [3.8, 4) is 0 Å². The first-order chi connectivity index (χ1) is 13.1. The van der Waals surface area contributed by atoms with E-state index in [9.17, 15) is 9.59 Å². The number of nitrogens with one attached hydrogen (secondary N) is 1. The van der Waals surface area contributed by atoms with Gasteiger partial charge < -0.3 is 10.1 Å². The summed E-state index contributed by atoms with van der Waals surface area (Å²) in [4.78, 5) is 27.0. The lowest BCUT2D eigenvalue weighted by molar-refractivity contribution is -0.121. The molecule has 1 amide bonds. The SMILES string of the molecule is COC(=O)c1ccccc1NC(=O)C1CCCN(Cc2cccc(C)c2)C1. The molecule has 0 saturated carbocycles. The maximum Gasteiger partial charge on any atom is 0.339 e. The van der Waals surface area contributed by atoms with Crippen molar-refractivity contribution in [1.82, 2.24) is 4.90 Å². The maximum atomic E-state index is 12.8. The van der Waals surface area contributed by atoms with Crippen molar-refractivity contribution in [2.24, 2.45) is 5.92 Å². The molecule has 27 heavy (non-hydrogen) atoms. The molecular formula is C22H26N2O3. The van der Waals surface area contributed by atoms with E-state index in [0.717, 1.165) is 32.5 Å². The smallest absolute Gasteiger partial charge is 0.339 e. The third-order valence-corrected chi connectivity index (χ3v) is 4.96. The topological polar surface area (TPSA) is 58.6 Å². The summed E-state index contributed by atoms with van der Waals surface area (Å²) in [6, 6.07) is 15.4. The number of anilines is 1. The maximum absolute atomic E-state index is 12.8. The van der Waals surface area contributed by atoms with E-state index < -0.39 is 5.97 Å². The summed E-state index contributed by atoms with van der Waals surface area (Å²) in [6.45, 7) is 4.66. The highest BCUT2D eigenvalue weighted by molar-refractivity contribution is 6.01. The Labute approximate surface area is 160 Å². The first-order valence-corrected chi connectivity index (χ1v) is 9.33. The Morgan fingerprint density at radius 3 is 2.78 bits per heavy atom. The fourth-order valence-corrected chi connectivity index (χ4v) is 3.60. The Morgan fingerprint density at radius 1 is 1.19 bits per heavy atom. The van der Waals surface area contributed by atoms with E-state index in [1.165, 1.54) is 18.2 Å². The Bertz CT molecular complexity index is 819. The van der Waals surface area contributed by atoms with Gasteiger partial charge >= 0.3 is 5.97 Å². The van der Waals surface area contributed by atoms with Gasteiger partial charge in [-0.3, -0.25) is 9.69 Å². The molecule has 142 valence electrons. The van der Waals surface area contributed by atoms with Gasteiger partial charge in [-0.2, -0.15) is 0 Å². The summed E-state index contributed by atoms with van der Waals surface area (Å²) < 4.78 is 4.80. The number of ether oxygens (including phenoxy) is 1. The molecule has 0 bridgehead atoms. The van der Waals surface area contributed by atoms with Crippen LogP contribution in [0.4, 0.5) is 5.69 Å². The summed E-state index contributed by atoms with van der Waals surface area (Å²) in [6.07, 6.45) is 1.85. The molecule has 2 aromatic rings. The molecule has 1 unspecified atom stereocenters. The first-order valence-electron chi connectivity index (χ1n) is 9.33. The molecule has 2 aromatic carbocycles. The van der Waals surface area contributed by atoms with Gasteiger partial charge in [-0.15, -0.1) is 0 Å². The van der Waals surface area contributed by atoms with E-state index in [1.54, 1.807) is 24.3 Å². The van der Waals surface area contributed by atoms with Crippen molar-refractivity contribution in [1.29, 1.82) is 0 Å². The molecule has 1 aliphatic heterocycles. The molecule has 1 aliphatic rings. The van der Waals surface area contributed by atoms with Gasteiger partial charge in [-0.25, -0.2) is 4.79 Å². The number of piperidine rings is 1. The highest BCUT2D eigenvalue weighted by Crippen LogP contribution is 2.22. The predicted molar refractivity (Wildman–Crippen MR) is 106 cm³/mol. The number of amides is 1. The zero-order chi connectivity index (χ0) is 19.2. The number of aryl methyl sites for hydroxylation is 1. The Kier molecular flexibility index (Phi) is 6.24. The largest absolute Gasteiger partial charge is 0.465 e. The van der Waals surface area contributed by atoms with Crippen LogP contribution in [0.25, 0.3) is 0 Å². The molecule has 0 aromatic heterocycles. The van der Waals surface area contributed by atoms with Gasteiger partial charge in [0.2, 0.25) is 5.91 Å². The number of carbonyl (C=O) groups is 2. The fourth-order valence-electron chi connectivity index (χ4n) is 3.60. The van der Waals surface area contributed by atoms with Crippen LogP contribution >= 0.6 is 0 Å². The molecule has 1 saturated heterocycles. The second kappa shape index (κ2) is 8.82. The Hall–Kier alpha value is -2.66. The second-order valence-electron chi connectivity index (χ2n) is 7.09. The molecule has 1 atom stereocenters. The van der Waals surface area contributed by atoms with Gasteiger partial charge in [-0.05, 0) is 44.0 Å². The highest BCUT2D eigenvalue weighted by Gasteiger charge is 2.26. The molecule has 5 heteroatoms. The molecule has 1 fully saturated rings. The van der Waals surface area contributed by atoms with Crippen molar-refractivity contribution in [2.45, 2.75) is 26.3 Å². The number of methoxy groups -OCH3 is 1. The van der Waals surface area contributed by atoms with Crippen LogP contribution in [0.2, 0.25) is 0 Å². The molecule has 1 heterocycles. The van der Waals surface area contributed by atoms with Crippen LogP contribution in [-0.2, 0) is 16.1 Å². The van der Waals surface area contributed by atoms with E-state index in [0.29, 0.717) is 11.3 Å². The summed E-state index contributed by atoms with van der Waals surface area (Å²) in [7, 11) is 1.34. The van der Waals surface area contributed by atoms with Crippen molar-refractivity contribution >= 4 is 17.6 Å². The molecule has 3 rings (SSSR count). The predicted octanol–water partition coefficient (Wildman–Crippen LogP) is 3.63. The van der Waals surface area contributed by atoms with Crippen molar-refractivity contribution in [3.63, 3.8) is 0 Å². The molecule has 0 spiro atoms. The lowest BCUT2D eigenvalue weighted by atomic mass is 9.96. The average molecular weight is 366 g/mol. The number of hydrogen-bond donors (Lipinski definition) is 1. The zero-order valence-electron chi connectivity index (χ0n) is 15.9.